The topological polar surface area (TPSA) is 59.6 Å². The van der Waals surface area contributed by atoms with Crippen molar-refractivity contribution in [3.63, 3.8) is 0 Å². The van der Waals surface area contributed by atoms with Gasteiger partial charge in [0.2, 0.25) is 5.91 Å². The lowest BCUT2D eigenvalue weighted by Gasteiger charge is -2.30. The monoisotopic (exact) mass is 448 g/mol. The average Bonchev–Trinajstić information content (AvgIpc) is 3.41. The van der Waals surface area contributed by atoms with Crippen LogP contribution in [-0.4, -0.2) is 25.1 Å². The SMILES string of the molecule is O=C(NC1c2ccccc2Oc2cc(OCC3CCCCCCCC3)ccc21)C1CCCN1. The van der Waals surface area contributed by atoms with Crippen LogP contribution in [0.5, 0.6) is 17.2 Å². The predicted octanol–water partition coefficient (Wildman–Crippen LogP) is 5.88. The molecule has 5 rings (SSSR count). The Morgan fingerprint density at radius 3 is 2.45 bits per heavy atom. The largest absolute Gasteiger partial charge is 0.493 e. The maximum atomic E-state index is 12.9. The number of para-hydroxylation sites is 1. The molecule has 2 N–H and O–H groups in total. The normalized spacial score (nSPS) is 23.3. The zero-order valence-corrected chi connectivity index (χ0v) is 19.5. The maximum Gasteiger partial charge on any atom is 0.237 e. The van der Waals surface area contributed by atoms with Gasteiger partial charge in [-0.05, 0) is 56.3 Å². The number of benzene rings is 2. The van der Waals surface area contributed by atoms with E-state index in [0.29, 0.717) is 5.92 Å². The van der Waals surface area contributed by atoms with Crippen LogP contribution in [0.1, 0.15) is 81.4 Å². The number of hydrogen-bond donors (Lipinski definition) is 2. The lowest BCUT2D eigenvalue weighted by Crippen LogP contribution is -2.42. The smallest absolute Gasteiger partial charge is 0.237 e. The summed E-state index contributed by atoms with van der Waals surface area (Å²) in [7, 11) is 0. The molecular weight excluding hydrogens is 412 g/mol. The summed E-state index contributed by atoms with van der Waals surface area (Å²) in [5.41, 5.74) is 1.98. The van der Waals surface area contributed by atoms with E-state index < -0.39 is 0 Å². The molecular formula is C28H36N2O3. The van der Waals surface area contributed by atoms with Crippen LogP contribution in [0.4, 0.5) is 0 Å². The van der Waals surface area contributed by atoms with Gasteiger partial charge in [0.25, 0.3) is 0 Å². The molecule has 5 heteroatoms. The second kappa shape index (κ2) is 10.6. The summed E-state index contributed by atoms with van der Waals surface area (Å²) < 4.78 is 12.5. The van der Waals surface area contributed by atoms with E-state index >= 15 is 0 Å². The molecule has 1 aliphatic carbocycles. The number of carbonyl (C=O) groups is 1. The second-order valence-electron chi connectivity index (χ2n) is 9.81. The third-order valence-corrected chi connectivity index (χ3v) is 7.37. The van der Waals surface area contributed by atoms with Crippen molar-refractivity contribution in [2.75, 3.05) is 13.2 Å². The van der Waals surface area contributed by atoms with E-state index in [9.17, 15) is 4.79 Å². The minimum absolute atomic E-state index is 0.0562. The van der Waals surface area contributed by atoms with Gasteiger partial charge in [-0.3, -0.25) is 4.79 Å². The van der Waals surface area contributed by atoms with Crippen molar-refractivity contribution in [3.05, 3.63) is 53.6 Å². The molecule has 2 aliphatic heterocycles. The molecule has 3 aliphatic rings. The molecule has 0 radical (unpaired) electrons. The van der Waals surface area contributed by atoms with Crippen LogP contribution < -0.4 is 20.1 Å². The number of rotatable bonds is 5. The highest BCUT2D eigenvalue weighted by Crippen LogP contribution is 2.44. The van der Waals surface area contributed by atoms with Gasteiger partial charge in [0.05, 0.1) is 18.7 Å². The first-order valence-corrected chi connectivity index (χ1v) is 12.9. The standard InChI is InChI=1S/C28H36N2O3/c31-28(24-13-9-17-29-24)30-27-22-12-7-8-14-25(22)33-26-18-21(15-16-23(26)27)32-19-20-10-5-3-1-2-4-6-11-20/h7-8,12,14-16,18,20,24,27,29H,1-6,9-11,13,17,19H2,(H,30,31). The van der Waals surface area contributed by atoms with Gasteiger partial charge in [-0.2, -0.15) is 0 Å². The molecule has 33 heavy (non-hydrogen) atoms. The lowest BCUT2D eigenvalue weighted by atomic mass is 9.94. The summed E-state index contributed by atoms with van der Waals surface area (Å²) in [4.78, 5) is 12.9. The molecule has 0 aromatic heterocycles. The summed E-state index contributed by atoms with van der Waals surface area (Å²) in [5.74, 6) is 3.09. The first-order valence-electron chi connectivity index (χ1n) is 12.9. The summed E-state index contributed by atoms with van der Waals surface area (Å²) in [6, 6.07) is 13.7. The fourth-order valence-electron chi connectivity index (χ4n) is 5.43. The third-order valence-electron chi connectivity index (χ3n) is 7.37. The fourth-order valence-corrected chi connectivity index (χ4v) is 5.43. The zero-order chi connectivity index (χ0) is 22.5. The first kappa shape index (κ1) is 22.3. The third kappa shape index (κ3) is 5.35. The van der Waals surface area contributed by atoms with Gasteiger partial charge in [-0.15, -0.1) is 0 Å². The summed E-state index contributed by atoms with van der Waals surface area (Å²) in [5, 5.41) is 6.57. The number of nitrogens with one attached hydrogen (secondary N) is 2. The van der Waals surface area contributed by atoms with E-state index in [1.165, 1.54) is 51.4 Å². The number of fused-ring (bicyclic) bond motifs is 2. The Kier molecular flexibility index (Phi) is 7.15. The van der Waals surface area contributed by atoms with Crippen LogP contribution in [0.25, 0.3) is 0 Å². The summed E-state index contributed by atoms with van der Waals surface area (Å²) >= 11 is 0. The minimum Gasteiger partial charge on any atom is -0.493 e. The Labute approximate surface area is 197 Å². The molecule has 2 aromatic rings. The van der Waals surface area contributed by atoms with Crippen LogP contribution in [-0.2, 0) is 4.79 Å². The van der Waals surface area contributed by atoms with E-state index in [1.807, 2.05) is 36.4 Å². The lowest BCUT2D eigenvalue weighted by molar-refractivity contribution is -0.123. The van der Waals surface area contributed by atoms with Crippen molar-refractivity contribution in [2.24, 2.45) is 5.92 Å². The van der Waals surface area contributed by atoms with E-state index in [1.54, 1.807) is 0 Å². The predicted molar refractivity (Wildman–Crippen MR) is 130 cm³/mol. The van der Waals surface area contributed by atoms with E-state index in [2.05, 4.69) is 16.7 Å². The van der Waals surface area contributed by atoms with E-state index in [0.717, 1.165) is 54.4 Å². The highest BCUT2D eigenvalue weighted by molar-refractivity contribution is 5.83. The average molecular weight is 449 g/mol. The van der Waals surface area contributed by atoms with Gasteiger partial charge in [-0.1, -0.05) is 56.7 Å². The van der Waals surface area contributed by atoms with Gasteiger partial charge >= 0.3 is 0 Å². The van der Waals surface area contributed by atoms with Gasteiger partial charge in [-0.25, -0.2) is 0 Å². The molecule has 2 aromatic carbocycles. The number of ether oxygens (including phenoxy) is 2. The zero-order valence-electron chi connectivity index (χ0n) is 19.5. The van der Waals surface area contributed by atoms with Crippen molar-refractivity contribution in [3.8, 4) is 17.2 Å². The molecule has 2 atom stereocenters. The van der Waals surface area contributed by atoms with E-state index in [4.69, 9.17) is 9.47 Å². The Hall–Kier alpha value is -2.53. The van der Waals surface area contributed by atoms with E-state index in [-0.39, 0.29) is 18.0 Å². The Balaban J connectivity index is 1.31. The molecule has 1 saturated carbocycles. The van der Waals surface area contributed by atoms with Crippen molar-refractivity contribution in [2.45, 2.75) is 76.3 Å². The van der Waals surface area contributed by atoms with Crippen LogP contribution in [0.2, 0.25) is 0 Å². The molecule has 1 amide bonds. The summed E-state index contributed by atoms with van der Waals surface area (Å²) in [6.07, 6.45) is 12.6. The molecule has 2 heterocycles. The Morgan fingerprint density at radius 2 is 1.67 bits per heavy atom. The van der Waals surface area contributed by atoms with Gasteiger partial charge in [0, 0.05) is 17.2 Å². The van der Waals surface area contributed by atoms with Gasteiger partial charge in [0.15, 0.2) is 0 Å². The number of hydrogen-bond acceptors (Lipinski definition) is 4. The van der Waals surface area contributed by atoms with Crippen molar-refractivity contribution < 1.29 is 14.3 Å². The second-order valence-corrected chi connectivity index (χ2v) is 9.81. The van der Waals surface area contributed by atoms with Crippen LogP contribution in [0.15, 0.2) is 42.5 Å². The number of carbonyl (C=O) groups excluding carboxylic acids is 1. The number of amides is 1. The molecule has 5 nitrogen and oxygen atoms in total. The van der Waals surface area contributed by atoms with Crippen LogP contribution >= 0.6 is 0 Å². The Morgan fingerprint density at radius 1 is 0.909 bits per heavy atom. The van der Waals surface area contributed by atoms with Crippen molar-refractivity contribution >= 4 is 5.91 Å². The van der Waals surface area contributed by atoms with Gasteiger partial charge in [0.1, 0.15) is 17.2 Å². The molecule has 0 spiro atoms. The Bertz CT molecular complexity index is 944. The van der Waals surface area contributed by atoms with Crippen molar-refractivity contribution in [1.29, 1.82) is 0 Å². The van der Waals surface area contributed by atoms with Crippen LogP contribution in [0, 0.1) is 5.92 Å². The highest BCUT2D eigenvalue weighted by Gasteiger charge is 2.31. The quantitative estimate of drug-likeness (QED) is 0.600. The first-order chi connectivity index (χ1) is 16.3. The summed E-state index contributed by atoms with van der Waals surface area (Å²) in [6.45, 7) is 1.67. The molecule has 176 valence electrons. The minimum atomic E-state index is -0.219. The maximum absolute atomic E-state index is 12.9. The van der Waals surface area contributed by atoms with Crippen molar-refractivity contribution in [1.82, 2.24) is 10.6 Å². The van der Waals surface area contributed by atoms with Gasteiger partial charge < -0.3 is 20.1 Å². The fraction of sp³-hybridized carbons (Fsp3) is 0.536. The highest BCUT2D eigenvalue weighted by atomic mass is 16.5. The molecule has 2 fully saturated rings. The molecule has 1 saturated heterocycles. The molecule has 0 bridgehead atoms. The van der Waals surface area contributed by atoms with Crippen LogP contribution in [0.3, 0.4) is 0 Å². The molecule has 2 unspecified atom stereocenters.